The normalized spacial score (nSPS) is 11.1. The minimum Gasteiger partial charge on any atom is -0.497 e. The topological polar surface area (TPSA) is 118 Å². The van der Waals surface area contributed by atoms with Crippen LogP contribution in [0.25, 0.3) is 22.4 Å². The van der Waals surface area contributed by atoms with Crippen molar-refractivity contribution in [3.63, 3.8) is 0 Å². The highest BCUT2D eigenvalue weighted by atomic mass is 32.2. The van der Waals surface area contributed by atoms with Gasteiger partial charge in [0.15, 0.2) is 11.0 Å². The van der Waals surface area contributed by atoms with Gasteiger partial charge in [0, 0.05) is 17.8 Å². The minimum atomic E-state index is -0.280. The van der Waals surface area contributed by atoms with Gasteiger partial charge in [0.2, 0.25) is 5.91 Å². The molecule has 0 aliphatic rings. The lowest BCUT2D eigenvalue weighted by Gasteiger charge is -2.10. The molecule has 0 fully saturated rings. The number of benzene rings is 2. The Balaban J connectivity index is 1.46. The Bertz CT molecular complexity index is 1280. The van der Waals surface area contributed by atoms with Crippen LogP contribution in [-0.4, -0.2) is 43.5 Å². The Hall–Kier alpha value is -3.53. The van der Waals surface area contributed by atoms with Crippen LogP contribution in [0.4, 0.5) is 5.69 Å². The van der Waals surface area contributed by atoms with E-state index in [9.17, 15) is 9.59 Å². The molecular weight excluding hydrogens is 428 g/mol. The number of rotatable bonds is 9. The number of carbonyl (C=O) groups excluding carboxylic acids is 1. The summed E-state index contributed by atoms with van der Waals surface area (Å²) in [7, 11) is 1.63. The Morgan fingerprint density at radius 1 is 1.12 bits per heavy atom. The highest BCUT2D eigenvalue weighted by Gasteiger charge is 2.16. The number of imidazole rings is 1. The standard InChI is InChI=1S/C22H24N6O3S/c1-3-4-11-28-20(14-5-8-16(31-2)9-6-14)26-27-22(28)32-13-19(29)23-15-7-10-17-18(12-15)25-21(30)24-17/h5-10,12H,3-4,11,13H2,1-2H3,(H,23,29)(H2,24,25,30). The number of hydrogen-bond acceptors (Lipinski definition) is 6. The van der Waals surface area contributed by atoms with Crippen LogP contribution in [0.3, 0.4) is 0 Å². The van der Waals surface area contributed by atoms with Crippen molar-refractivity contribution in [2.45, 2.75) is 31.5 Å². The molecule has 0 saturated carbocycles. The predicted octanol–water partition coefficient (Wildman–Crippen LogP) is 3.65. The monoisotopic (exact) mass is 452 g/mol. The van der Waals surface area contributed by atoms with Crippen molar-refractivity contribution < 1.29 is 9.53 Å². The number of unbranched alkanes of at least 4 members (excludes halogenated alkanes) is 1. The Kier molecular flexibility index (Phi) is 6.60. The molecule has 4 rings (SSSR count). The molecule has 0 spiro atoms. The van der Waals surface area contributed by atoms with E-state index in [2.05, 4.69) is 37.0 Å². The maximum atomic E-state index is 12.5. The highest BCUT2D eigenvalue weighted by Crippen LogP contribution is 2.26. The van der Waals surface area contributed by atoms with E-state index >= 15 is 0 Å². The van der Waals surface area contributed by atoms with Gasteiger partial charge in [-0.15, -0.1) is 10.2 Å². The molecule has 0 saturated heterocycles. The molecule has 166 valence electrons. The van der Waals surface area contributed by atoms with Crippen LogP contribution in [0.2, 0.25) is 0 Å². The number of nitrogens with zero attached hydrogens (tertiary/aromatic N) is 3. The van der Waals surface area contributed by atoms with Gasteiger partial charge in [-0.05, 0) is 48.9 Å². The van der Waals surface area contributed by atoms with E-state index in [-0.39, 0.29) is 17.3 Å². The summed E-state index contributed by atoms with van der Waals surface area (Å²) in [4.78, 5) is 29.3. The Labute approximate surface area is 188 Å². The second-order valence-corrected chi connectivity index (χ2v) is 8.16. The predicted molar refractivity (Wildman–Crippen MR) is 125 cm³/mol. The number of thioether (sulfide) groups is 1. The van der Waals surface area contributed by atoms with Gasteiger partial charge in [-0.25, -0.2) is 4.79 Å². The van der Waals surface area contributed by atoms with Gasteiger partial charge in [0.1, 0.15) is 5.75 Å². The molecule has 2 aromatic carbocycles. The van der Waals surface area contributed by atoms with Crippen LogP contribution in [0, 0.1) is 0 Å². The molecule has 0 radical (unpaired) electrons. The molecular formula is C22H24N6O3S. The van der Waals surface area contributed by atoms with Crippen molar-refractivity contribution in [3.8, 4) is 17.1 Å². The first-order chi connectivity index (χ1) is 15.6. The van der Waals surface area contributed by atoms with E-state index in [1.54, 1.807) is 25.3 Å². The number of aromatic amines is 2. The molecule has 0 aliphatic carbocycles. The SMILES string of the molecule is CCCCn1c(SCC(=O)Nc2ccc3[nH]c(=O)[nH]c3c2)nnc1-c1ccc(OC)cc1. The molecule has 2 aromatic heterocycles. The van der Waals surface area contributed by atoms with Crippen LogP contribution in [-0.2, 0) is 11.3 Å². The number of methoxy groups -OCH3 is 1. The quantitative estimate of drug-likeness (QED) is 0.334. The lowest BCUT2D eigenvalue weighted by molar-refractivity contribution is -0.113. The van der Waals surface area contributed by atoms with E-state index in [1.807, 2.05) is 24.3 Å². The first kappa shape index (κ1) is 21.7. The second kappa shape index (κ2) is 9.73. The summed E-state index contributed by atoms with van der Waals surface area (Å²) in [5.41, 5.74) is 2.61. The van der Waals surface area contributed by atoms with E-state index in [0.717, 1.165) is 36.5 Å². The molecule has 0 aliphatic heterocycles. The molecule has 2 heterocycles. The van der Waals surface area contributed by atoms with Crippen molar-refractivity contribution in [1.29, 1.82) is 0 Å². The molecule has 0 atom stereocenters. The van der Waals surface area contributed by atoms with Gasteiger partial charge in [-0.2, -0.15) is 0 Å². The van der Waals surface area contributed by atoms with Crippen LogP contribution >= 0.6 is 11.8 Å². The summed E-state index contributed by atoms with van der Waals surface area (Å²) in [6, 6.07) is 12.9. The van der Waals surface area contributed by atoms with Crippen LogP contribution in [0.1, 0.15) is 19.8 Å². The first-order valence-electron chi connectivity index (χ1n) is 10.3. The van der Waals surface area contributed by atoms with Crippen molar-refractivity contribution in [3.05, 3.63) is 52.9 Å². The van der Waals surface area contributed by atoms with E-state index in [0.29, 0.717) is 21.9 Å². The average molecular weight is 453 g/mol. The third-order valence-corrected chi connectivity index (χ3v) is 5.90. The summed E-state index contributed by atoms with van der Waals surface area (Å²) < 4.78 is 7.29. The average Bonchev–Trinajstić information content (AvgIpc) is 3.38. The molecule has 1 amide bonds. The molecule has 4 aromatic rings. The fraction of sp³-hybridized carbons (Fsp3) is 0.273. The van der Waals surface area contributed by atoms with E-state index < -0.39 is 0 Å². The third-order valence-electron chi connectivity index (χ3n) is 4.93. The number of aromatic nitrogens is 5. The van der Waals surface area contributed by atoms with Crippen LogP contribution < -0.4 is 15.7 Å². The van der Waals surface area contributed by atoms with Gasteiger partial charge in [-0.1, -0.05) is 25.1 Å². The number of carbonyl (C=O) groups is 1. The zero-order chi connectivity index (χ0) is 22.5. The minimum absolute atomic E-state index is 0.164. The largest absolute Gasteiger partial charge is 0.497 e. The summed E-state index contributed by atoms with van der Waals surface area (Å²) >= 11 is 1.34. The smallest absolute Gasteiger partial charge is 0.323 e. The summed E-state index contributed by atoms with van der Waals surface area (Å²) in [5.74, 6) is 1.57. The van der Waals surface area contributed by atoms with Gasteiger partial charge in [0.05, 0.1) is 23.9 Å². The molecule has 3 N–H and O–H groups in total. The number of ether oxygens (including phenoxy) is 1. The van der Waals surface area contributed by atoms with Crippen LogP contribution in [0.5, 0.6) is 5.75 Å². The maximum absolute atomic E-state index is 12.5. The zero-order valence-corrected chi connectivity index (χ0v) is 18.7. The Morgan fingerprint density at radius 2 is 1.91 bits per heavy atom. The molecule has 10 heteroatoms. The van der Waals surface area contributed by atoms with Gasteiger partial charge in [-0.3, -0.25) is 4.79 Å². The van der Waals surface area contributed by atoms with Crippen molar-refractivity contribution in [1.82, 2.24) is 24.7 Å². The van der Waals surface area contributed by atoms with E-state index in [1.165, 1.54) is 11.8 Å². The van der Waals surface area contributed by atoms with Crippen molar-refractivity contribution >= 4 is 34.4 Å². The number of H-pyrrole nitrogens is 2. The summed E-state index contributed by atoms with van der Waals surface area (Å²) in [6.45, 7) is 2.90. The Morgan fingerprint density at radius 3 is 2.66 bits per heavy atom. The molecule has 32 heavy (non-hydrogen) atoms. The van der Waals surface area contributed by atoms with Crippen LogP contribution in [0.15, 0.2) is 52.4 Å². The van der Waals surface area contributed by atoms with Gasteiger partial charge >= 0.3 is 5.69 Å². The zero-order valence-electron chi connectivity index (χ0n) is 17.8. The first-order valence-corrected chi connectivity index (χ1v) is 11.3. The lowest BCUT2D eigenvalue weighted by Crippen LogP contribution is -2.14. The number of amides is 1. The third kappa shape index (κ3) is 4.86. The molecule has 0 bridgehead atoms. The highest BCUT2D eigenvalue weighted by molar-refractivity contribution is 7.99. The molecule has 9 nitrogen and oxygen atoms in total. The molecule has 0 unspecified atom stereocenters. The number of nitrogens with one attached hydrogen (secondary N) is 3. The maximum Gasteiger partial charge on any atom is 0.323 e. The summed E-state index contributed by atoms with van der Waals surface area (Å²) in [5, 5.41) is 12.3. The summed E-state index contributed by atoms with van der Waals surface area (Å²) in [6.07, 6.45) is 2.02. The second-order valence-electron chi connectivity index (χ2n) is 7.22. The lowest BCUT2D eigenvalue weighted by atomic mass is 10.2. The fourth-order valence-electron chi connectivity index (χ4n) is 3.30. The fourth-order valence-corrected chi connectivity index (χ4v) is 4.07. The van der Waals surface area contributed by atoms with Gasteiger partial charge < -0.3 is 24.6 Å². The number of hydrogen-bond donors (Lipinski definition) is 3. The van der Waals surface area contributed by atoms with Crippen molar-refractivity contribution in [2.75, 3.05) is 18.2 Å². The van der Waals surface area contributed by atoms with E-state index in [4.69, 9.17) is 4.74 Å². The van der Waals surface area contributed by atoms with Gasteiger partial charge in [0.25, 0.3) is 0 Å². The number of anilines is 1. The number of fused-ring (bicyclic) bond motifs is 1. The van der Waals surface area contributed by atoms with Crippen molar-refractivity contribution in [2.24, 2.45) is 0 Å².